The molecule has 3 rings (SSSR count). The van der Waals surface area contributed by atoms with Crippen LogP contribution in [-0.2, 0) is 30.7 Å². The molecule has 2 aromatic heterocycles. The Bertz CT molecular complexity index is 892. The number of aryl methyl sites for hydroxylation is 1. The van der Waals surface area contributed by atoms with Gasteiger partial charge in [-0.3, -0.25) is 18.7 Å². The third-order valence-electron chi connectivity index (χ3n) is 4.14. The molecule has 9 nitrogen and oxygen atoms in total. The first-order chi connectivity index (χ1) is 11.5. The van der Waals surface area contributed by atoms with Crippen molar-refractivity contribution in [3.63, 3.8) is 0 Å². The predicted octanol–water partition coefficient (Wildman–Crippen LogP) is -0.166. The van der Waals surface area contributed by atoms with E-state index in [9.17, 15) is 14.4 Å². The third-order valence-corrected chi connectivity index (χ3v) is 4.14. The van der Waals surface area contributed by atoms with Crippen molar-refractivity contribution < 1.29 is 9.32 Å². The Hall–Kier alpha value is -2.71. The number of nitrogens with two attached hydrogens (primary N) is 1. The summed E-state index contributed by atoms with van der Waals surface area (Å²) in [6.07, 6.45) is 3.76. The van der Waals surface area contributed by atoms with E-state index in [4.69, 9.17) is 10.3 Å². The van der Waals surface area contributed by atoms with Crippen LogP contribution in [0.15, 0.2) is 14.1 Å². The molecule has 0 atom stereocenters. The second-order valence-electron chi connectivity index (χ2n) is 5.79. The van der Waals surface area contributed by atoms with Gasteiger partial charge < -0.3 is 10.3 Å². The summed E-state index contributed by atoms with van der Waals surface area (Å²) in [5.74, 6) is -0.193. The molecule has 0 saturated carbocycles. The van der Waals surface area contributed by atoms with E-state index in [2.05, 4.69) is 10.1 Å². The largest absolute Gasteiger partial charge is 0.368 e. The SMILES string of the molecule is CCc1nc(-c2c3n(c(=O)n(CC(N)=O)c2=O)CCCCC3)no1. The zero-order chi connectivity index (χ0) is 17.3. The lowest BCUT2D eigenvalue weighted by Gasteiger charge is -2.15. The Balaban J connectivity index is 2.31. The van der Waals surface area contributed by atoms with Gasteiger partial charge >= 0.3 is 5.69 Å². The zero-order valence-corrected chi connectivity index (χ0v) is 13.4. The molecule has 0 aromatic carbocycles. The fourth-order valence-corrected chi connectivity index (χ4v) is 2.99. The average molecular weight is 333 g/mol. The molecule has 128 valence electrons. The second-order valence-corrected chi connectivity index (χ2v) is 5.79. The van der Waals surface area contributed by atoms with Crippen molar-refractivity contribution in [3.8, 4) is 11.4 Å². The minimum Gasteiger partial charge on any atom is -0.368 e. The molecule has 0 spiro atoms. The van der Waals surface area contributed by atoms with E-state index < -0.39 is 23.7 Å². The van der Waals surface area contributed by atoms with Crippen molar-refractivity contribution >= 4 is 5.91 Å². The molecule has 1 amide bonds. The number of aromatic nitrogens is 4. The van der Waals surface area contributed by atoms with Crippen LogP contribution in [0.25, 0.3) is 11.4 Å². The van der Waals surface area contributed by atoms with Gasteiger partial charge in [0.15, 0.2) is 0 Å². The van der Waals surface area contributed by atoms with Crippen LogP contribution in [0.1, 0.15) is 37.8 Å². The topological polar surface area (TPSA) is 126 Å². The number of primary amides is 1. The van der Waals surface area contributed by atoms with E-state index in [1.165, 1.54) is 4.57 Å². The van der Waals surface area contributed by atoms with Crippen molar-refractivity contribution in [3.05, 3.63) is 32.4 Å². The van der Waals surface area contributed by atoms with Gasteiger partial charge in [0.1, 0.15) is 12.1 Å². The molecule has 0 saturated heterocycles. The maximum atomic E-state index is 12.8. The first-order valence-electron chi connectivity index (χ1n) is 8.00. The highest BCUT2D eigenvalue weighted by molar-refractivity contribution is 5.73. The molecule has 24 heavy (non-hydrogen) atoms. The maximum Gasteiger partial charge on any atom is 0.331 e. The molecule has 0 bridgehead atoms. The lowest BCUT2D eigenvalue weighted by Crippen LogP contribution is -2.45. The van der Waals surface area contributed by atoms with Gasteiger partial charge in [0.05, 0.1) is 0 Å². The number of carbonyl (C=O) groups excluding carboxylic acids is 1. The fourth-order valence-electron chi connectivity index (χ4n) is 2.99. The number of carbonyl (C=O) groups is 1. The average Bonchev–Trinajstić information content (AvgIpc) is 2.88. The minimum atomic E-state index is -0.753. The van der Waals surface area contributed by atoms with Crippen molar-refractivity contribution in [2.75, 3.05) is 0 Å². The van der Waals surface area contributed by atoms with Gasteiger partial charge in [-0.25, -0.2) is 4.79 Å². The van der Waals surface area contributed by atoms with Crippen LogP contribution in [0.5, 0.6) is 0 Å². The number of fused-ring (bicyclic) bond motifs is 1. The summed E-state index contributed by atoms with van der Waals surface area (Å²) in [4.78, 5) is 40.9. The van der Waals surface area contributed by atoms with E-state index in [0.29, 0.717) is 31.0 Å². The number of rotatable bonds is 4. The second kappa shape index (κ2) is 6.42. The van der Waals surface area contributed by atoms with Crippen LogP contribution < -0.4 is 17.0 Å². The van der Waals surface area contributed by atoms with Crippen LogP contribution >= 0.6 is 0 Å². The molecule has 0 radical (unpaired) electrons. The summed E-state index contributed by atoms with van der Waals surface area (Å²) in [5, 5.41) is 3.88. The van der Waals surface area contributed by atoms with Crippen LogP contribution in [0.2, 0.25) is 0 Å². The minimum absolute atomic E-state index is 0.153. The van der Waals surface area contributed by atoms with Gasteiger partial charge in [0, 0.05) is 18.7 Å². The summed E-state index contributed by atoms with van der Waals surface area (Å²) >= 11 is 0. The number of hydrogen-bond acceptors (Lipinski definition) is 6. The molecular weight excluding hydrogens is 314 g/mol. The molecular formula is C15H19N5O4. The number of amides is 1. The third kappa shape index (κ3) is 2.77. The lowest BCUT2D eigenvalue weighted by molar-refractivity contribution is -0.118. The Morgan fingerprint density at radius 3 is 2.75 bits per heavy atom. The Labute approximate surface area is 137 Å². The van der Waals surface area contributed by atoms with Gasteiger partial charge in [-0.2, -0.15) is 4.98 Å². The molecule has 1 aliphatic heterocycles. The summed E-state index contributed by atoms with van der Waals surface area (Å²) in [7, 11) is 0. The van der Waals surface area contributed by atoms with Crippen molar-refractivity contribution in [1.29, 1.82) is 0 Å². The van der Waals surface area contributed by atoms with Crippen LogP contribution in [0.4, 0.5) is 0 Å². The lowest BCUT2D eigenvalue weighted by atomic mass is 10.1. The quantitative estimate of drug-likeness (QED) is 0.828. The van der Waals surface area contributed by atoms with Gasteiger partial charge in [-0.05, 0) is 19.3 Å². The van der Waals surface area contributed by atoms with E-state index in [1.807, 2.05) is 6.92 Å². The molecule has 2 N–H and O–H groups in total. The van der Waals surface area contributed by atoms with Crippen LogP contribution in [0, 0.1) is 0 Å². The highest BCUT2D eigenvalue weighted by atomic mass is 16.5. The monoisotopic (exact) mass is 333 g/mol. The Morgan fingerprint density at radius 2 is 2.08 bits per heavy atom. The Morgan fingerprint density at radius 1 is 1.29 bits per heavy atom. The van der Waals surface area contributed by atoms with Gasteiger partial charge in [-0.1, -0.05) is 18.5 Å². The van der Waals surface area contributed by atoms with E-state index in [0.717, 1.165) is 23.8 Å². The maximum absolute atomic E-state index is 12.8. The van der Waals surface area contributed by atoms with E-state index in [1.54, 1.807) is 0 Å². The standard InChI is InChI=1S/C15H19N5O4/c1-2-11-17-13(18-24-11)12-9-6-4-3-5-7-19(9)15(23)20(14(12)22)8-10(16)21/h2-8H2,1H3,(H2,16,21). The highest BCUT2D eigenvalue weighted by Gasteiger charge is 2.25. The molecule has 3 heterocycles. The molecule has 0 unspecified atom stereocenters. The summed E-state index contributed by atoms with van der Waals surface area (Å²) < 4.78 is 7.50. The number of nitrogens with zero attached hydrogens (tertiary/aromatic N) is 4. The first kappa shape index (κ1) is 16.2. The van der Waals surface area contributed by atoms with Crippen molar-refractivity contribution in [1.82, 2.24) is 19.3 Å². The van der Waals surface area contributed by atoms with Crippen molar-refractivity contribution in [2.45, 2.75) is 52.1 Å². The predicted molar refractivity (Wildman–Crippen MR) is 84.4 cm³/mol. The zero-order valence-electron chi connectivity index (χ0n) is 13.4. The van der Waals surface area contributed by atoms with Crippen molar-refractivity contribution in [2.24, 2.45) is 5.73 Å². The molecule has 0 aliphatic carbocycles. The molecule has 1 aliphatic rings. The molecule has 0 fully saturated rings. The van der Waals surface area contributed by atoms with Gasteiger partial charge in [-0.15, -0.1) is 0 Å². The molecule has 2 aromatic rings. The van der Waals surface area contributed by atoms with E-state index >= 15 is 0 Å². The van der Waals surface area contributed by atoms with Crippen LogP contribution in [-0.4, -0.2) is 25.2 Å². The number of hydrogen-bond donors (Lipinski definition) is 1. The smallest absolute Gasteiger partial charge is 0.331 e. The molecule has 9 heteroatoms. The fraction of sp³-hybridized carbons (Fsp3) is 0.533. The van der Waals surface area contributed by atoms with E-state index in [-0.39, 0.29) is 11.4 Å². The normalized spacial score (nSPS) is 14.2. The van der Waals surface area contributed by atoms with Crippen LogP contribution in [0.3, 0.4) is 0 Å². The summed E-state index contributed by atoms with van der Waals surface area (Å²) in [6, 6.07) is 0. The highest BCUT2D eigenvalue weighted by Crippen LogP contribution is 2.21. The first-order valence-corrected chi connectivity index (χ1v) is 8.00. The summed E-state index contributed by atoms with van der Waals surface area (Å²) in [5.41, 5.74) is 4.90. The van der Waals surface area contributed by atoms with Gasteiger partial charge in [0.25, 0.3) is 5.56 Å². The van der Waals surface area contributed by atoms with Gasteiger partial charge in [0.2, 0.25) is 17.6 Å². The summed E-state index contributed by atoms with van der Waals surface area (Å²) in [6.45, 7) is 1.88. The Kier molecular flexibility index (Phi) is 4.32.